The van der Waals surface area contributed by atoms with Crippen molar-refractivity contribution in [1.29, 1.82) is 0 Å². The van der Waals surface area contributed by atoms with Gasteiger partial charge in [0, 0.05) is 49.0 Å². The lowest BCUT2D eigenvalue weighted by molar-refractivity contribution is -0.274. The van der Waals surface area contributed by atoms with E-state index in [-0.39, 0.29) is 11.2 Å². The Balaban J connectivity index is 1.34. The van der Waals surface area contributed by atoms with Gasteiger partial charge in [-0.1, -0.05) is 36.4 Å². The molecular formula is C28H26F3N3O2. The number of fused-ring (bicyclic) bond motifs is 1. The summed E-state index contributed by atoms with van der Waals surface area (Å²) in [6, 6.07) is 21.2. The van der Waals surface area contributed by atoms with Gasteiger partial charge in [-0.05, 0) is 60.5 Å². The second-order valence-corrected chi connectivity index (χ2v) is 9.13. The zero-order valence-electron chi connectivity index (χ0n) is 19.8. The van der Waals surface area contributed by atoms with Gasteiger partial charge in [0.15, 0.2) is 5.43 Å². The molecule has 3 aromatic carbocycles. The number of likely N-dealkylation sites (N-methyl/N-ethyl adjacent to an activating group) is 1. The Labute approximate surface area is 206 Å². The van der Waals surface area contributed by atoms with Crippen LogP contribution in [0.1, 0.15) is 11.1 Å². The van der Waals surface area contributed by atoms with Crippen LogP contribution in [0.25, 0.3) is 22.2 Å². The molecule has 0 unspecified atom stereocenters. The predicted octanol–water partition coefficient (Wildman–Crippen LogP) is 5.44. The first-order valence-electron chi connectivity index (χ1n) is 11.8. The third-order valence-corrected chi connectivity index (χ3v) is 6.51. The standard InChI is InChI=1S/C28H26F3N3O2/c1-33-12-14-34(15-13-33)22-8-11-24-26(17-22)32-25(18-27(24)35)21-6-2-19(3-7-21)16-20-4-9-23(10-5-20)36-28(29,30)31/h2-11,17-18H,12-16H2,1H3,(H,32,35). The Morgan fingerprint density at radius 1 is 0.861 bits per heavy atom. The minimum Gasteiger partial charge on any atom is -0.406 e. The van der Waals surface area contributed by atoms with E-state index in [0.717, 1.165) is 59.8 Å². The number of ether oxygens (including phenoxy) is 1. The van der Waals surface area contributed by atoms with Crippen LogP contribution in [0.3, 0.4) is 0 Å². The monoisotopic (exact) mass is 493 g/mol. The molecule has 0 radical (unpaired) electrons. The van der Waals surface area contributed by atoms with E-state index in [4.69, 9.17) is 0 Å². The summed E-state index contributed by atoms with van der Waals surface area (Å²) in [6.07, 6.45) is -4.14. The summed E-state index contributed by atoms with van der Waals surface area (Å²) in [7, 11) is 2.12. The summed E-state index contributed by atoms with van der Waals surface area (Å²) < 4.78 is 41.0. The quantitative estimate of drug-likeness (QED) is 0.403. The molecular weight excluding hydrogens is 467 g/mol. The van der Waals surface area contributed by atoms with Crippen molar-refractivity contribution >= 4 is 16.6 Å². The molecule has 4 aromatic rings. The van der Waals surface area contributed by atoms with Gasteiger partial charge in [0.1, 0.15) is 5.75 Å². The van der Waals surface area contributed by atoms with Crippen LogP contribution in [0.4, 0.5) is 18.9 Å². The first kappa shape index (κ1) is 23.9. The molecule has 0 bridgehead atoms. The molecule has 1 aliphatic rings. The van der Waals surface area contributed by atoms with Crippen LogP contribution < -0.4 is 15.1 Å². The Kier molecular flexibility index (Phi) is 6.45. The van der Waals surface area contributed by atoms with E-state index in [1.165, 1.54) is 12.1 Å². The molecule has 1 N–H and O–H groups in total. The van der Waals surface area contributed by atoms with Crippen LogP contribution in [-0.2, 0) is 6.42 Å². The highest BCUT2D eigenvalue weighted by Crippen LogP contribution is 2.26. The molecule has 36 heavy (non-hydrogen) atoms. The number of hydrogen-bond acceptors (Lipinski definition) is 4. The maximum absolute atomic E-state index is 12.8. The van der Waals surface area contributed by atoms with Gasteiger partial charge < -0.3 is 19.5 Å². The summed E-state index contributed by atoms with van der Waals surface area (Å²) in [5.74, 6) is -0.238. The lowest BCUT2D eigenvalue weighted by Crippen LogP contribution is -2.44. The second-order valence-electron chi connectivity index (χ2n) is 9.13. The molecule has 5 nitrogen and oxygen atoms in total. The first-order valence-corrected chi connectivity index (χ1v) is 11.8. The van der Waals surface area contributed by atoms with Crippen LogP contribution in [0.15, 0.2) is 77.6 Å². The van der Waals surface area contributed by atoms with Crippen molar-refractivity contribution in [2.24, 2.45) is 0 Å². The van der Waals surface area contributed by atoms with Crippen molar-refractivity contribution in [2.75, 3.05) is 38.1 Å². The average molecular weight is 494 g/mol. The summed E-state index contributed by atoms with van der Waals surface area (Å²) in [6.45, 7) is 3.91. The molecule has 8 heteroatoms. The third kappa shape index (κ3) is 5.54. The van der Waals surface area contributed by atoms with E-state index in [0.29, 0.717) is 11.8 Å². The number of piperazine rings is 1. The molecule has 1 saturated heterocycles. The molecule has 0 aliphatic carbocycles. The van der Waals surface area contributed by atoms with Gasteiger partial charge in [0.2, 0.25) is 0 Å². The third-order valence-electron chi connectivity index (χ3n) is 6.51. The number of anilines is 1. The Morgan fingerprint density at radius 2 is 1.50 bits per heavy atom. The number of benzene rings is 3. The molecule has 0 atom stereocenters. The predicted molar refractivity (Wildman–Crippen MR) is 136 cm³/mol. The SMILES string of the molecule is CN1CCN(c2ccc3c(=O)cc(-c4ccc(Cc5ccc(OC(F)(F)F)cc5)cc4)[nH]c3c2)CC1. The van der Waals surface area contributed by atoms with Gasteiger partial charge in [0.25, 0.3) is 0 Å². The topological polar surface area (TPSA) is 48.6 Å². The number of alkyl halides is 3. The molecule has 0 saturated carbocycles. The largest absolute Gasteiger partial charge is 0.573 e. The number of aromatic amines is 1. The van der Waals surface area contributed by atoms with Crippen molar-refractivity contribution in [3.05, 3.63) is 94.1 Å². The van der Waals surface area contributed by atoms with E-state index in [9.17, 15) is 18.0 Å². The number of nitrogens with zero attached hydrogens (tertiary/aromatic N) is 2. The lowest BCUT2D eigenvalue weighted by Gasteiger charge is -2.34. The molecule has 5 rings (SSSR count). The summed E-state index contributed by atoms with van der Waals surface area (Å²) in [4.78, 5) is 20.9. The highest BCUT2D eigenvalue weighted by molar-refractivity contribution is 5.84. The van der Waals surface area contributed by atoms with Crippen molar-refractivity contribution in [2.45, 2.75) is 12.8 Å². The zero-order chi connectivity index (χ0) is 25.3. The van der Waals surface area contributed by atoms with Gasteiger partial charge in [0.05, 0.1) is 5.52 Å². The van der Waals surface area contributed by atoms with Gasteiger partial charge in [-0.3, -0.25) is 4.79 Å². The minimum atomic E-state index is -4.70. The van der Waals surface area contributed by atoms with Crippen LogP contribution in [0.5, 0.6) is 5.75 Å². The van der Waals surface area contributed by atoms with Crippen LogP contribution in [-0.4, -0.2) is 49.5 Å². The van der Waals surface area contributed by atoms with Gasteiger partial charge in [-0.15, -0.1) is 13.2 Å². The lowest BCUT2D eigenvalue weighted by atomic mass is 10.0. The van der Waals surface area contributed by atoms with Gasteiger partial charge >= 0.3 is 6.36 Å². The molecule has 0 amide bonds. The fraction of sp³-hybridized carbons (Fsp3) is 0.250. The van der Waals surface area contributed by atoms with Crippen LogP contribution >= 0.6 is 0 Å². The van der Waals surface area contributed by atoms with Crippen molar-refractivity contribution < 1.29 is 17.9 Å². The number of hydrogen-bond donors (Lipinski definition) is 1. The van der Waals surface area contributed by atoms with Gasteiger partial charge in [-0.2, -0.15) is 0 Å². The average Bonchev–Trinajstić information content (AvgIpc) is 2.85. The van der Waals surface area contributed by atoms with Crippen molar-refractivity contribution in [3.8, 4) is 17.0 Å². The number of H-pyrrole nitrogens is 1. The van der Waals surface area contributed by atoms with Crippen LogP contribution in [0.2, 0.25) is 0 Å². The summed E-state index contributed by atoms with van der Waals surface area (Å²) in [5.41, 5.74) is 5.37. The Morgan fingerprint density at radius 3 is 2.14 bits per heavy atom. The second kappa shape index (κ2) is 9.70. The number of halogens is 3. The molecule has 0 spiro atoms. The zero-order valence-corrected chi connectivity index (χ0v) is 19.8. The fourth-order valence-electron chi connectivity index (χ4n) is 4.50. The molecule has 2 heterocycles. The molecule has 186 valence electrons. The molecule has 1 aliphatic heterocycles. The summed E-state index contributed by atoms with van der Waals surface area (Å²) in [5, 5.41) is 0.659. The van der Waals surface area contributed by atoms with Crippen molar-refractivity contribution in [3.63, 3.8) is 0 Å². The number of rotatable bonds is 5. The molecule has 1 fully saturated rings. The normalized spacial score (nSPS) is 14.8. The maximum atomic E-state index is 12.8. The number of pyridine rings is 1. The minimum absolute atomic E-state index is 0.0334. The Bertz CT molecular complexity index is 1410. The molecule has 1 aromatic heterocycles. The maximum Gasteiger partial charge on any atom is 0.573 e. The number of aromatic nitrogens is 1. The van der Waals surface area contributed by atoms with E-state index < -0.39 is 6.36 Å². The smallest absolute Gasteiger partial charge is 0.406 e. The fourth-order valence-corrected chi connectivity index (χ4v) is 4.50. The highest BCUT2D eigenvalue weighted by Gasteiger charge is 2.30. The van der Waals surface area contributed by atoms with Crippen molar-refractivity contribution in [1.82, 2.24) is 9.88 Å². The summed E-state index contributed by atoms with van der Waals surface area (Å²) >= 11 is 0. The van der Waals surface area contributed by atoms with Crippen LogP contribution in [0, 0.1) is 0 Å². The van der Waals surface area contributed by atoms with E-state index in [1.807, 2.05) is 42.5 Å². The van der Waals surface area contributed by atoms with Gasteiger partial charge in [-0.25, -0.2) is 0 Å². The number of nitrogens with one attached hydrogen (secondary N) is 1. The first-order chi connectivity index (χ1) is 17.2. The Hall–Kier alpha value is -3.78. The van der Waals surface area contributed by atoms with E-state index in [1.54, 1.807) is 18.2 Å². The van der Waals surface area contributed by atoms with E-state index in [2.05, 4.69) is 26.6 Å². The van der Waals surface area contributed by atoms with E-state index >= 15 is 0 Å². The highest BCUT2D eigenvalue weighted by atomic mass is 19.4.